The number of unbranched alkanes of at least 4 members (excludes halogenated alkanes) is 2. The van der Waals surface area contributed by atoms with Crippen molar-refractivity contribution in [1.29, 1.82) is 0 Å². The maximum Gasteiger partial charge on any atom is 0.319 e. The second-order valence-electron chi connectivity index (χ2n) is 3.81. The molecule has 0 unspecified atom stereocenters. The van der Waals surface area contributed by atoms with Gasteiger partial charge in [0.15, 0.2) is 0 Å². The van der Waals surface area contributed by atoms with Crippen molar-refractivity contribution in [2.45, 2.75) is 51.2 Å². The number of carbonyl (C=O) groups is 2. The molecule has 0 aromatic rings. The molecule has 0 N–H and O–H groups in total. The molecule has 0 aromatic heterocycles. The van der Waals surface area contributed by atoms with Gasteiger partial charge in [0.1, 0.15) is 5.25 Å². The molecule has 17 heavy (non-hydrogen) atoms. The largest absolute Gasteiger partial charge is 0.466 e. The van der Waals surface area contributed by atoms with Crippen molar-refractivity contribution < 1.29 is 19.1 Å². The Kier molecular flexibility index (Phi) is 10.0. The van der Waals surface area contributed by atoms with E-state index >= 15 is 0 Å². The summed E-state index contributed by atoms with van der Waals surface area (Å²) in [5, 5.41) is -0.721. The normalized spacial score (nSPS) is 11.9. The van der Waals surface area contributed by atoms with Gasteiger partial charge in [-0.1, -0.05) is 26.7 Å². The summed E-state index contributed by atoms with van der Waals surface area (Å²) in [7, 11) is 0. The first-order chi connectivity index (χ1) is 8.11. The molecule has 0 radical (unpaired) electrons. The van der Waals surface area contributed by atoms with Crippen molar-refractivity contribution in [2.75, 3.05) is 13.2 Å². The lowest BCUT2D eigenvalue weighted by Crippen LogP contribution is -2.23. The van der Waals surface area contributed by atoms with Crippen LogP contribution in [0.3, 0.4) is 0 Å². The van der Waals surface area contributed by atoms with E-state index in [2.05, 4.69) is 12.6 Å². The topological polar surface area (TPSA) is 52.6 Å². The number of hydrogen-bond donors (Lipinski definition) is 1. The smallest absolute Gasteiger partial charge is 0.319 e. The monoisotopic (exact) mass is 262 g/mol. The highest BCUT2D eigenvalue weighted by atomic mass is 32.1. The van der Waals surface area contributed by atoms with Crippen molar-refractivity contribution in [2.24, 2.45) is 0 Å². The van der Waals surface area contributed by atoms with E-state index in [1.807, 2.05) is 13.8 Å². The fourth-order valence-corrected chi connectivity index (χ4v) is 1.27. The summed E-state index contributed by atoms with van der Waals surface area (Å²) in [4.78, 5) is 22.7. The molecule has 0 bridgehead atoms. The first-order valence-corrected chi connectivity index (χ1v) is 6.63. The Labute approximate surface area is 108 Å². The molecule has 0 heterocycles. The molecule has 0 rings (SSSR count). The van der Waals surface area contributed by atoms with Gasteiger partial charge >= 0.3 is 11.9 Å². The summed E-state index contributed by atoms with van der Waals surface area (Å²) in [6.45, 7) is 4.81. The average Bonchev–Trinajstić information content (AvgIpc) is 2.29. The third-order valence-electron chi connectivity index (χ3n) is 2.14. The zero-order valence-corrected chi connectivity index (χ0v) is 11.5. The molecule has 0 aliphatic carbocycles. The molecule has 1 atom stereocenters. The molecule has 0 aliphatic heterocycles. The van der Waals surface area contributed by atoms with Crippen LogP contribution in [0.2, 0.25) is 0 Å². The van der Waals surface area contributed by atoms with Gasteiger partial charge in [-0.05, 0) is 12.8 Å². The van der Waals surface area contributed by atoms with Crippen molar-refractivity contribution in [3.8, 4) is 0 Å². The Morgan fingerprint density at radius 1 is 1.06 bits per heavy atom. The Balaban J connectivity index is 3.71. The third kappa shape index (κ3) is 9.03. The molecule has 4 nitrogen and oxygen atoms in total. The van der Waals surface area contributed by atoms with E-state index in [-0.39, 0.29) is 6.42 Å². The van der Waals surface area contributed by atoms with Crippen LogP contribution in [0, 0.1) is 0 Å². The van der Waals surface area contributed by atoms with E-state index in [0.29, 0.717) is 13.2 Å². The summed E-state index contributed by atoms with van der Waals surface area (Å²) in [5.41, 5.74) is 0. The van der Waals surface area contributed by atoms with Crippen LogP contribution in [0.15, 0.2) is 0 Å². The van der Waals surface area contributed by atoms with E-state index in [1.165, 1.54) is 0 Å². The maximum atomic E-state index is 11.4. The zero-order chi connectivity index (χ0) is 13.1. The molecule has 0 saturated heterocycles. The fraction of sp³-hybridized carbons (Fsp3) is 0.833. The van der Waals surface area contributed by atoms with Gasteiger partial charge in [0, 0.05) is 0 Å². The predicted molar refractivity (Wildman–Crippen MR) is 69.1 cm³/mol. The van der Waals surface area contributed by atoms with Crippen LogP contribution < -0.4 is 0 Å². The molecule has 0 aliphatic rings. The van der Waals surface area contributed by atoms with Gasteiger partial charge in [0.25, 0.3) is 0 Å². The molecule has 5 heteroatoms. The second-order valence-corrected chi connectivity index (χ2v) is 4.44. The Hall–Kier alpha value is -0.710. The summed E-state index contributed by atoms with van der Waals surface area (Å²) in [6, 6.07) is 0. The van der Waals surface area contributed by atoms with Crippen LogP contribution in [-0.2, 0) is 19.1 Å². The fourth-order valence-electron chi connectivity index (χ4n) is 1.04. The quantitative estimate of drug-likeness (QED) is 0.394. The molecular formula is C12H22O4S. The first-order valence-electron chi connectivity index (χ1n) is 6.12. The number of esters is 2. The van der Waals surface area contributed by atoms with Gasteiger partial charge in [-0.15, -0.1) is 0 Å². The van der Waals surface area contributed by atoms with Gasteiger partial charge in [-0.3, -0.25) is 9.59 Å². The minimum atomic E-state index is -0.721. The van der Waals surface area contributed by atoms with Crippen molar-refractivity contribution in [3.63, 3.8) is 0 Å². The van der Waals surface area contributed by atoms with Gasteiger partial charge in [-0.2, -0.15) is 12.6 Å². The van der Waals surface area contributed by atoms with Crippen LogP contribution in [0.25, 0.3) is 0 Å². The highest BCUT2D eigenvalue weighted by molar-refractivity contribution is 7.81. The second kappa shape index (κ2) is 10.4. The summed E-state index contributed by atoms with van der Waals surface area (Å²) < 4.78 is 9.88. The van der Waals surface area contributed by atoms with Gasteiger partial charge in [0.2, 0.25) is 0 Å². The average molecular weight is 262 g/mol. The van der Waals surface area contributed by atoms with E-state index in [0.717, 1.165) is 25.7 Å². The van der Waals surface area contributed by atoms with Gasteiger partial charge in [-0.25, -0.2) is 0 Å². The van der Waals surface area contributed by atoms with Crippen LogP contribution in [0.5, 0.6) is 0 Å². The predicted octanol–water partition coefficient (Wildman–Crippen LogP) is 2.36. The highest BCUT2D eigenvalue weighted by Gasteiger charge is 2.19. The number of rotatable bonds is 9. The lowest BCUT2D eigenvalue weighted by Gasteiger charge is -2.10. The van der Waals surface area contributed by atoms with E-state index < -0.39 is 17.2 Å². The van der Waals surface area contributed by atoms with Crippen LogP contribution in [0.1, 0.15) is 46.0 Å². The SMILES string of the molecule is CCCCOC(=O)C[C@H](S)C(=O)OCCCC. The molecular weight excluding hydrogens is 240 g/mol. The number of hydrogen-bond acceptors (Lipinski definition) is 5. The third-order valence-corrected chi connectivity index (χ3v) is 2.53. The lowest BCUT2D eigenvalue weighted by molar-refractivity contribution is -0.149. The summed E-state index contributed by atoms with van der Waals surface area (Å²) in [5.74, 6) is -0.847. The molecule has 0 fully saturated rings. The Morgan fingerprint density at radius 3 is 2.12 bits per heavy atom. The van der Waals surface area contributed by atoms with Crippen molar-refractivity contribution in [3.05, 3.63) is 0 Å². The van der Waals surface area contributed by atoms with Crippen LogP contribution >= 0.6 is 12.6 Å². The molecule has 0 amide bonds. The highest BCUT2D eigenvalue weighted by Crippen LogP contribution is 2.06. The maximum absolute atomic E-state index is 11.4. The number of thiol groups is 1. The van der Waals surface area contributed by atoms with Gasteiger partial charge in [0.05, 0.1) is 19.6 Å². The van der Waals surface area contributed by atoms with Crippen molar-refractivity contribution in [1.82, 2.24) is 0 Å². The lowest BCUT2D eigenvalue weighted by atomic mass is 10.3. The van der Waals surface area contributed by atoms with Gasteiger partial charge < -0.3 is 9.47 Å². The molecule has 0 saturated carbocycles. The molecule has 0 aromatic carbocycles. The van der Waals surface area contributed by atoms with E-state index in [4.69, 9.17) is 9.47 Å². The molecule has 100 valence electrons. The minimum Gasteiger partial charge on any atom is -0.466 e. The minimum absolute atomic E-state index is 0.0300. The van der Waals surface area contributed by atoms with Crippen molar-refractivity contribution >= 4 is 24.6 Å². The first kappa shape index (κ1) is 16.3. The van der Waals surface area contributed by atoms with Crippen LogP contribution in [-0.4, -0.2) is 30.4 Å². The Bertz CT molecular complexity index is 231. The molecule has 0 spiro atoms. The number of ether oxygens (including phenoxy) is 2. The van der Waals surface area contributed by atoms with E-state index in [1.54, 1.807) is 0 Å². The number of carbonyl (C=O) groups excluding carboxylic acids is 2. The zero-order valence-electron chi connectivity index (χ0n) is 10.6. The Morgan fingerprint density at radius 2 is 1.59 bits per heavy atom. The summed E-state index contributed by atoms with van der Waals surface area (Å²) in [6.07, 6.45) is 3.56. The summed E-state index contributed by atoms with van der Waals surface area (Å²) >= 11 is 4.04. The standard InChI is InChI=1S/C12H22O4S/c1-3-5-7-15-11(13)9-10(17)12(14)16-8-6-4-2/h10,17H,3-9H2,1-2H3/t10-/m0/s1. The van der Waals surface area contributed by atoms with Crippen LogP contribution in [0.4, 0.5) is 0 Å². The van der Waals surface area contributed by atoms with E-state index in [9.17, 15) is 9.59 Å².